The van der Waals surface area contributed by atoms with Crippen LogP contribution < -0.4 is 5.32 Å². The standard InChI is InChI=1S/C10H15FN4/c1-15-4-2-8(3-5-15)14-10-6-9(11)12-7-13-10/h6-8H,2-5H2,1H3,(H,12,13,14). The number of hydrogen-bond acceptors (Lipinski definition) is 4. The fourth-order valence-electron chi connectivity index (χ4n) is 1.77. The van der Waals surface area contributed by atoms with Crippen LogP contribution >= 0.6 is 0 Å². The molecule has 0 radical (unpaired) electrons. The Morgan fingerprint density at radius 2 is 2.13 bits per heavy atom. The van der Waals surface area contributed by atoms with Crippen molar-refractivity contribution in [2.45, 2.75) is 18.9 Å². The zero-order chi connectivity index (χ0) is 10.7. The van der Waals surface area contributed by atoms with Gasteiger partial charge in [-0.2, -0.15) is 4.39 Å². The average molecular weight is 210 g/mol. The van der Waals surface area contributed by atoms with Crippen LogP contribution in [0.1, 0.15) is 12.8 Å². The first-order chi connectivity index (χ1) is 7.24. The van der Waals surface area contributed by atoms with Crippen molar-refractivity contribution in [2.75, 3.05) is 25.5 Å². The van der Waals surface area contributed by atoms with Crippen LogP contribution in [0.25, 0.3) is 0 Å². The maximum Gasteiger partial charge on any atom is 0.217 e. The summed E-state index contributed by atoms with van der Waals surface area (Å²) in [6.45, 7) is 2.15. The van der Waals surface area contributed by atoms with Crippen molar-refractivity contribution >= 4 is 5.82 Å². The number of rotatable bonds is 2. The minimum atomic E-state index is -0.486. The molecule has 2 heterocycles. The normalized spacial score (nSPS) is 19.1. The summed E-state index contributed by atoms with van der Waals surface area (Å²) >= 11 is 0. The minimum Gasteiger partial charge on any atom is -0.367 e. The molecule has 0 spiro atoms. The van der Waals surface area contributed by atoms with E-state index in [4.69, 9.17) is 0 Å². The van der Waals surface area contributed by atoms with Crippen LogP contribution in [-0.2, 0) is 0 Å². The van der Waals surface area contributed by atoms with Crippen LogP contribution in [0.4, 0.5) is 10.2 Å². The maximum absolute atomic E-state index is 12.8. The van der Waals surface area contributed by atoms with Crippen molar-refractivity contribution < 1.29 is 4.39 Å². The summed E-state index contributed by atoms with van der Waals surface area (Å²) in [5.74, 6) is 0.0949. The lowest BCUT2D eigenvalue weighted by Gasteiger charge is -2.29. The molecule has 5 heteroatoms. The van der Waals surface area contributed by atoms with Gasteiger partial charge in [0.2, 0.25) is 5.95 Å². The molecule has 2 rings (SSSR count). The van der Waals surface area contributed by atoms with Gasteiger partial charge in [-0.3, -0.25) is 0 Å². The first-order valence-electron chi connectivity index (χ1n) is 5.16. The second kappa shape index (κ2) is 4.53. The van der Waals surface area contributed by atoms with Gasteiger partial charge in [0.05, 0.1) is 0 Å². The molecule has 0 atom stereocenters. The van der Waals surface area contributed by atoms with E-state index >= 15 is 0 Å². The number of nitrogens with zero attached hydrogens (tertiary/aromatic N) is 3. The van der Waals surface area contributed by atoms with Gasteiger partial charge in [0.1, 0.15) is 12.1 Å². The van der Waals surface area contributed by atoms with Crippen LogP contribution in [0.15, 0.2) is 12.4 Å². The summed E-state index contributed by atoms with van der Waals surface area (Å²) in [7, 11) is 2.11. The van der Waals surface area contributed by atoms with Gasteiger partial charge in [-0.25, -0.2) is 9.97 Å². The third-order valence-corrected chi connectivity index (χ3v) is 2.70. The Morgan fingerprint density at radius 1 is 1.40 bits per heavy atom. The predicted molar refractivity (Wildman–Crippen MR) is 56.1 cm³/mol. The summed E-state index contributed by atoms with van der Waals surface area (Å²) in [5.41, 5.74) is 0. The van der Waals surface area contributed by atoms with Gasteiger partial charge in [0.15, 0.2) is 0 Å². The Balaban J connectivity index is 1.92. The lowest BCUT2D eigenvalue weighted by molar-refractivity contribution is 0.263. The minimum absolute atomic E-state index is 0.399. The number of nitrogens with one attached hydrogen (secondary N) is 1. The van der Waals surface area contributed by atoms with Crippen molar-refractivity contribution in [3.8, 4) is 0 Å². The molecule has 1 aromatic rings. The Hall–Kier alpha value is -1.23. The molecule has 4 nitrogen and oxygen atoms in total. The van der Waals surface area contributed by atoms with Gasteiger partial charge in [-0.05, 0) is 33.0 Å². The Kier molecular flexibility index (Phi) is 3.11. The SMILES string of the molecule is CN1CCC(Nc2cc(F)ncn2)CC1. The van der Waals surface area contributed by atoms with Gasteiger partial charge in [0, 0.05) is 12.1 Å². The maximum atomic E-state index is 12.8. The van der Waals surface area contributed by atoms with E-state index < -0.39 is 5.95 Å². The quantitative estimate of drug-likeness (QED) is 0.743. The monoisotopic (exact) mass is 210 g/mol. The topological polar surface area (TPSA) is 41.0 Å². The van der Waals surface area contributed by atoms with Crippen molar-refractivity contribution in [3.63, 3.8) is 0 Å². The summed E-state index contributed by atoms with van der Waals surface area (Å²) in [5, 5.41) is 3.22. The second-order valence-electron chi connectivity index (χ2n) is 3.95. The Bertz CT molecular complexity index is 323. The zero-order valence-corrected chi connectivity index (χ0v) is 8.78. The highest BCUT2D eigenvalue weighted by Gasteiger charge is 2.16. The van der Waals surface area contributed by atoms with Gasteiger partial charge in [0.25, 0.3) is 0 Å². The third-order valence-electron chi connectivity index (χ3n) is 2.70. The van der Waals surface area contributed by atoms with E-state index in [9.17, 15) is 4.39 Å². The van der Waals surface area contributed by atoms with Crippen molar-refractivity contribution in [1.29, 1.82) is 0 Å². The van der Waals surface area contributed by atoms with E-state index in [-0.39, 0.29) is 0 Å². The number of aromatic nitrogens is 2. The van der Waals surface area contributed by atoms with E-state index in [2.05, 4.69) is 27.2 Å². The number of likely N-dealkylation sites (tertiary alicyclic amines) is 1. The molecule has 1 aromatic heterocycles. The Morgan fingerprint density at radius 3 is 2.80 bits per heavy atom. The van der Waals surface area contributed by atoms with Crippen LogP contribution in [0.5, 0.6) is 0 Å². The van der Waals surface area contributed by atoms with E-state index in [1.807, 2.05) is 0 Å². The van der Waals surface area contributed by atoms with Crippen molar-refractivity contribution in [3.05, 3.63) is 18.3 Å². The molecule has 0 saturated carbocycles. The average Bonchev–Trinajstić information content (AvgIpc) is 2.22. The predicted octanol–water partition coefficient (Wildman–Crippen LogP) is 1.12. The fraction of sp³-hybridized carbons (Fsp3) is 0.600. The van der Waals surface area contributed by atoms with Crippen LogP contribution in [0.2, 0.25) is 0 Å². The first-order valence-corrected chi connectivity index (χ1v) is 5.16. The molecule has 0 aliphatic carbocycles. The molecule has 1 N–H and O–H groups in total. The number of hydrogen-bond donors (Lipinski definition) is 1. The molecule has 0 aromatic carbocycles. The smallest absolute Gasteiger partial charge is 0.217 e. The molecule has 82 valence electrons. The molecular weight excluding hydrogens is 195 g/mol. The summed E-state index contributed by atoms with van der Waals surface area (Å²) in [6.07, 6.45) is 3.39. The second-order valence-corrected chi connectivity index (χ2v) is 3.95. The summed E-state index contributed by atoms with van der Waals surface area (Å²) in [4.78, 5) is 9.69. The fourth-order valence-corrected chi connectivity index (χ4v) is 1.77. The van der Waals surface area contributed by atoms with Gasteiger partial charge < -0.3 is 10.2 Å². The molecule has 1 aliphatic rings. The van der Waals surface area contributed by atoms with E-state index in [0.717, 1.165) is 25.9 Å². The third kappa shape index (κ3) is 2.86. The van der Waals surface area contributed by atoms with Gasteiger partial charge in [-0.1, -0.05) is 0 Å². The molecule has 1 saturated heterocycles. The zero-order valence-electron chi connectivity index (χ0n) is 8.78. The van der Waals surface area contributed by atoms with Crippen LogP contribution in [0, 0.1) is 5.95 Å². The molecule has 0 amide bonds. The molecule has 0 bridgehead atoms. The number of piperidine rings is 1. The lowest BCUT2D eigenvalue weighted by Crippen LogP contribution is -2.36. The van der Waals surface area contributed by atoms with Crippen LogP contribution in [0.3, 0.4) is 0 Å². The molecule has 15 heavy (non-hydrogen) atoms. The molecule has 1 fully saturated rings. The lowest BCUT2D eigenvalue weighted by atomic mass is 10.1. The van der Waals surface area contributed by atoms with Crippen molar-refractivity contribution in [2.24, 2.45) is 0 Å². The summed E-state index contributed by atoms with van der Waals surface area (Å²) < 4.78 is 12.8. The summed E-state index contributed by atoms with van der Waals surface area (Å²) in [6, 6.07) is 1.73. The Labute approximate surface area is 88.5 Å². The molecule has 0 unspecified atom stereocenters. The van der Waals surface area contributed by atoms with Gasteiger partial charge in [-0.15, -0.1) is 0 Å². The van der Waals surface area contributed by atoms with Crippen molar-refractivity contribution in [1.82, 2.24) is 14.9 Å². The molecule has 1 aliphatic heterocycles. The van der Waals surface area contributed by atoms with Crippen LogP contribution in [-0.4, -0.2) is 41.0 Å². The van der Waals surface area contributed by atoms with E-state index in [0.29, 0.717) is 11.9 Å². The largest absolute Gasteiger partial charge is 0.367 e. The molecular formula is C10H15FN4. The highest BCUT2D eigenvalue weighted by Crippen LogP contribution is 2.13. The van der Waals surface area contributed by atoms with E-state index in [1.54, 1.807) is 0 Å². The highest BCUT2D eigenvalue weighted by atomic mass is 19.1. The number of anilines is 1. The first kappa shape index (κ1) is 10.3. The van der Waals surface area contributed by atoms with E-state index in [1.165, 1.54) is 12.4 Å². The highest BCUT2D eigenvalue weighted by molar-refractivity contribution is 5.33. The van der Waals surface area contributed by atoms with Gasteiger partial charge >= 0.3 is 0 Å². The number of halogens is 1.